The van der Waals surface area contributed by atoms with Gasteiger partial charge in [-0.15, -0.1) is 0 Å². The summed E-state index contributed by atoms with van der Waals surface area (Å²) in [4.78, 5) is 11.8. The van der Waals surface area contributed by atoms with E-state index in [-0.39, 0.29) is 19.8 Å². The first-order chi connectivity index (χ1) is 12.7. The number of esters is 1. The van der Waals surface area contributed by atoms with Crippen LogP contribution in [-0.2, 0) is 32.2 Å². The van der Waals surface area contributed by atoms with Crippen molar-refractivity contribution in [2.24, 2.45) is 0 Å². The van der Waals surface area contributed by atoms with Gasteiger partial charge in [0.05, 0.1) is 19.8 Å². The lowest BCUT2D eigenvalue weighted by molar-refractivity contribution is -0.155. The van der Waals surface area contributed by atoms with Gasteiger partial charge in [-0.2, -0.15) is 0 Å². The minimum atomic E-state index is -1.40. The molecule has 1 heterocycles. The monoisotopic (exact) mass is 358 g/mol. The Hall–Kier alpha value is -2.25. The minimum absolute atomic E-state index is 0.215. The molecule has 2 aromatic rings. The van der Waals surface area contributed by atoms with E-state index in [0.717, 1.165) is 11.1 Å². The van der Waals surface area contributed by atoms with Crippen LogP contribution in [0.25, 0.3) is 0 Å². The molecule has 2 aromatic carbocycles. The van der Waals surface area contributed by atoms with E-state index in [2.05, 4.69) is 0 Å². The first kappa shape index (κ1) is 18.5. The zero-order chi connectivity index (χ0) is 18.4. The highest BCUT2D eigenvalue weighted by Gasteiger charge is 2.48. The Morgan fingerprint density at radius 1 is 0.962 bits per heavy atom. The number of hydrogen-bond acceptors (Lipinski definition) is 6. The molecular formula is C20H22O6. The van der Waals surface area contributed by atoms with Crippen molar-refractivity contribution in [3.05, 3.63) is 71.8 Å². The highest BCUT2D eigenvalue weighted by molar-refractivity contribution is 5.77. The molecule has 1 fully saturated rings. The lowest BCUT2D eigenvalue weighted by Gasteiger charge is -2.26. The Balaban J connectivity index is 1.64. The molecule has 0 aromatic heterocycles. The molecule has 1 aliphatic rings. The van der Waals surface area contributed by atoms with Gasteiger partial charge in [-0.1, -0.05) is 60.7 Å². The van der Waals surface area contributed by atoms with E-state index in [1.165, 1.54) is 0 Å². The van der Waals surface area contributed by atoms with Gasteiger partial charge in [-0.3, -0.25) is 0 Å². The summed E-state index contributed by atoms with van der Waals surface area (Å²) in [6.45, 7) is 0.108. The summed E-state index contributed by atoms with van der Waals surface area (Å²) in [6.07, 6.45) is -3.99. The third-order valence-electron chi connectivity index (χ3n) is 4.27. The zero-order valence-corrected chi connectivity index (χ0v) is 14.2. The first-order valence-corrected chi connectivity index (χ1v) is 8.49. The largest absolute Gasteiger partial charge is 0.455 e. The normalized spacial score (nSPS) is 23.6. The van der Waals surface area contributed by atoms with Crippen LogP contribution in [-0.4, -0.2) is 47.2 Å². The van der Waals surface area contributed by atoms with Crippen molar-refractivity contribution in [1.82, 2.24) is 0 Å². The molecule has 26 heavy (non-hydrogen) atoms. The van der Waals surface area contributed by atoms with Gasteiger partial charge in [0.25, 0.3) is 0 Å². The van der Waals surface area contributed by atoms with Gasteiger partial charge >= 0.3 is 5.97 Å². The lowest BCUT2D eigenvalue weighted by atomic mass is 10.1. The maximum absolute atomic E-state index is 11.8. The van der Waals surface area contributed by atoms with Crippen LogP contribution >= 0.6 is 0 Å². The topological polar surface area (TPSA) is 85.2 Å². The zero-order valence-electron chi connectivity index (χ0n) is 14.2. The van der Waals surface area contributed by atoms with E-state index in [4.69, 9.17) is 14.2 Å². The van der Waals surface area contributed by atoms with Gasteiger partial charge in [0.1, 0.15) is 12.2 Å². The molecule has 0 radical (unpaired) electrons. The Bertz CT molecular complexity index is 690. The standard InChI is InChI=1S/C20H22O6/c21-11-16(24-12-14-7-3-1-4-8-14)18-19(17(22)20(23)26-18)25-13-15-9-5-2-6-10-15/h1-10,16-19,21-22H,11-13H2/t16-,17-,18-,19-/m1/s1. The van der Waals surface area contributed by atoms with Gasteiger partial charge in [0.2, 0.25) is 0 Å². The number of hydrogen-bond donors (Lipinski definition) is 2. The summed E-state index contributed by atoms with van der Waals surface area (Å²) in [7, 11) is 0. The Morgan fingerprint density at radius 3 is 2.12 bits per heavy atom. The number of benzene rings is 2. The Labute approximate surface area is 151 Å². The van der Waals surface area contributed by atoms with Crippen LogP contribution in [0.1, 0.15) is 11.1 Å². The second kappa shape index (κ2) is 8.91. The van der Waals surface area contributed by atoms with E-state index in [1.807, 2.05) is 60.7 Å². The van der Waals surface area contributed by atoms with Crippen molar-refractivity contribution in [2.45, 2.75) is 37.6 Å². The first-order valence-electron chi connectivity index (χ1n) is 8.49. The predicted octanol–water partition coefficient (Wildman–Crippen LogP) is 1.44. The van der Waals surface area contributed by atoms with Crippen LogP contribution in [0.15, 0.2) is 60.7 Å². The molecular weight excluding hydrogens is 336 g/mol. The average Bonchev–Trinajstić information content (AvgIpc) is 2.96. The molecule has 0 amide bonds. The quantitative estimate of drug-likeness (QED) is 0.695. The smallest absolute Gasteiger partial charge is 0.338 e. The molecule has 0 aliphatic carbocycles. The van der Waals surface area contributed by atoms with Gasteiger partial charge < -0.3 is 24.4 Å². The SMILES string of the molecule is O=C1O[C@H]([C@@H](CO)OCc2ccccc2)[C@H](OCc2ccccc2)[C@H]1O. The van der Waals surface area contributed by atoms with Crippen molar-refractivity contribution < 1.29 is 29.2 Å². The Morgan fingerprint density at radius 2 is 1.54 bits per heavy atom. The summed E-state index contributed by atoms with van der Waals surface area (Å²) in [5.74, 6) is -0.769. The molecule has 4 atom stereocenters. The summed E-state index contributed by atoms with van der Waals surface area (Å²) in [5, 5.41) is 19.8. The lowest BCUT2D eigenvalue weighted by Crippen LogP contribution is -2.43. The van der Waals surface area contributed by atoms with Crippen LogP contribution in [0.2, 0.25) is 0 Å². The van der Waals surface area contributed by atoms with Crippen LogP contribution in [0.3, 0.4) is 0 Å². The van der Waals surface area contributed by atoms with E-state index in [9.17, 15) is 15.0 Å². The molecule has 6 nitrogen and oxygen atoms in total. The number of rotatable bonds is 8. The third-order valence-corrected chi connectivity index (χ3v) is 4.27. The fourth-order valence-corrected chi connectivity index (χ4v) is 2.85. The molecule has 2 N–H and O–H groups in total. The summed E-state index contributed by atoms with van der Waals surface area (Å²) in [6, 6.07) is 18.9. The number of carbonyl (C=O) groups excluding carboxylic acids is 1. The van der Waals surface area contributed by atoms with Gasteiger partial charge in [-0.05, 0) is 11.1 Å². The second-order valence-corrected chi connectivity index (χ2v) is 6.13. The highest BCUT2D eigenvalue weighted by Crippen LogP contribution is 2.25. The maximum atomic E-state index is 11.8. The molecule has 1 aliphatic heterocycles. The van der Waals surface area contributed by atoms with Crippen molar-refractivity contribution >= 4 is 5.97 Å². The molecule has 0 spiro atoms. The van der Waals surface area contributed by atoms with Crippen LogP contribution < -0.4 is 0 Å². The fraction of sp³-hybridized carbons (Fsp3) is 0.350. The molecule has 3 rings (SSSR count). The van der Waals surface area contributed by atoms with E-state index >= 15 is 0 Å². The summed E-state index contributed by atoms with van der Waals surface area (Å²) >= 11 is 0. The number of aliphatic hydroxyl groups excluding tert-OH is 2. The van der Waals surface area contributed by atoms with Crippen molar-refractivity contribution in [3.8, 4) is 0 Å². The van der Waals surface area contributed by atoms with Gasteiger partial charge in [0, 0.05) is 0 Å². The van der Waals surface area contributed by atoms with E-state index in [0.29, 0.717) is 0 Å². The molecule has 0 unspecified atom stereocenters. The van der Waals surface area contributed by atoms with E-state index in [1.54, 1.807) is 0 Å². The molecule has 1 saturated heterocycles. The van der Waals surface area contributed by atoms with Crippen LogP contribution in [0.5, 0.6) is 0 Å². The van der Waals surface area contributed by atoms with Gasteiger partial charge in [-0.25, -0.2) is 4.79 Å². The minimum Gasteiger partial charge on any atom is -0.455 e. The Kier molecular flexibility index (Phi) is 6.35. The number of aliphatic hydroxyl groups is 2. The predicted molar refractivity (Wildman–Crippen MR) is 93.0 cm³/mol. The van der Waals surface area contributed by atoms with E-state index < -0.39 is 30.4 Å². The number of cyclic esters (lactones) is 1. The fourth-order valence-electron chi connectivity index (χ4n) is 2.85. The van der Waals surface area contributed by atoms with Crippen LogP contribution in [0, 0.1) is 0 Å². The molecule has 138 valence electrons. The van der Waals surface area contributed by atoms with Crippen molar-refractivity contribution in [1.29, 1.82) is 0 Å². The van der Waals surface area contributed by atoms with Crippen LogP contribution in [0.4, 0.5) is 0 Å². The number of ether oxygens (including phenoxy) is 3. The highest BCUT2D eigenvalue weighted by atomic mass is 16.6. The van der Waals surface area contributed by atoms with Gasteiger partial charge in [0.15, 0.2) is 12.2 Å². The second-order valence-electron chi connectivity index (χ2n) is 6.13. The number of carbonyl (C=O) groups is 1. The van der Waals surface area contributed by atoms with Crippen molar-refractivity contribution in [2.75, 3.05) is 6.61 Å². The van der Waals surface area contributed by atoms with Crippen molar-refractivity contribution in [3.63, 3.8) is 0 Å². The summed E-state index contributed by atoms with van der Waals surface area (Å²) < 4.78 is 16.7. The molecule has 0 bridgehead atoms. The molecule has 0 saturated carbocycles. The maximum Gasteiger partial charge on any atom is 0.338 e. The summed E-state index contributed by atoms with van der Waals surface area (Å²) in [5.41, 5.74) is 1.83. The average molecular weight is 358 g/mol. The molecule has 6 heteroatoms. The third kappa shape index (κ3) is 4.47.